The molecule has 0 radical (unpaired) electrons. The highest BCUT2D eigenvalue weighted by Gasteiger charge is 2.07. The van der Waals surface area contributed by atoms with Crippen molar-refractivity contribution in [2.24, 2.45) is 0 Å². The summed E-state index contributed by atoms with van der Waals surface area (Å²) in [5.74, 6) is 0.303. The molecule has 0 heterocycles. The molecular weight excluding hydrogens is 148 g/mol. The van der Waals surface area contributed by atoms with E-state index in [1.54, 1.807) is 0 Å². The maximum absolute atomic E-state index is 11.3. The largest absolute Gasteiger partial charge is 0.295 e. The zero-order chi connectivity index (χ0) is 8.81. The van der Waals surface area contributed by atoms with Gasteiger partial charge in [-0.2, -0.15) is 0 Å². The number of allylic oxidation sites excluding steroid dienone is 1. The molecule has 0 aromatic carbocycles. The first-order valence-corrected chi connectivity index (χ1v) is 5.01. The summed E-state index contributed by atoms with van der Waals surface area (Å²) >= 11 is 0. The third kappa shape index (κ3) is 3.21. The number of Topliss-reactive ketones (excluding diaryl/α,β-unsaturated/α-hetero) is 1. The van der Waals surface area contributed by atoms with Crippen molar-refractivity contribution in [1.82, 2.24) is 0 Å². The van der Waals surface area contributed by atoms with Crippen LogP contribution in [0.1, 0.15) is 51.4 Å². The molecule has 1 heteroatoms. The van der Waals surface area contributed by atoms with Crippen LogP contribution in [0, 0.1) is 0 Å². The van der Waals surface area contributed by atoms with Gasteiger partial charge in [-0.15, -0.1) is 0 Å². The number of carbonyl (C=O) groups is 1. The second-order valence-electron chi connectivity index (χ2n) is 3.65. The van der Waals surface area contributed by atoms with Gasteiger partial charge in [-0.1, -0.05) is 32.3 Å². The Balaban J connectivity index is 2.36. The predicted octanol–water partition coefficient (Wildman–Crippen LogP) is 3.25. The van der Waals surface area contributed by atoms with Gasteiger partial charge in [0.2, 0.25) is 0 Å². The second-order valence-corrected chi connectivity index (χ2v) is 3.65. The van der Waals surface area contributed by atoms with E-state index in [1.165, 1.54) is 25.7 Å². The summed E-state index contributed by atoms with van der Waals surface area (Å²) in [6.45, 7) is 3.82. The van der Waals surface area contributed by atoms with Gasteiger partial charge in [0.05, 0.1) is 0 Å². The average Bonchev–Trinajstić information content (AvgIpc) is 2.08. The molecule has 1 fully saturated rings. The van der Waals surface area contributed by atoms with Crippen LogP contribution in [0.2, 0.25) is 0 Å². The molecule has 1 rings (SSSR count). The van der Waals surface area contributed by atoms with E-state index in [2.05, 4.69) is 6.58 Å². The Bertz CT molecular complexity index is 150. The van der Waals surface area contributed by atoms with Crippen molar-refractivity contribution in [1.29, 1.82) is 0 Å². The summed E-state index contributed by atoms with van der Waals surface area (Å²) in [6, 6.07) is 0. The minimum Gasteiger partial charge on any atom is -0.295 e. The number of rotatable bonds is 0. The zero-order valence-electron chi connectivity index (χ0n) is 7.77. The van der Waals surface area contributed by atoms with E-state index >= 15 is 0 Å². The molecule has 0 amide bonds. The highest BCUT2D eigenvalue weighted by molar-refractivity contribution is 5.94. The normalized spacial score (nSPS) is 22.3. The van der Waals surface area contributed by atoms with E-state index in [4.69, 9.17) is 0 Å². The van der Waals surface area contributed by atoms with Crippen molar-refractivity contribution in [3.05, 3.63) is 12.2 Å². The molecule has 0 bridgehead atoms. The Hall–Kier alpha value is -0.590. The van der Waals surface area contributed by atoms with Gasteiger partial charge >= 0.3 is 0 Å². The summed E-state index contributed by atoms with van der Waals surface area (Å²) in [6.07, 6.45) is 9.02. The van der Waals surface area contributed by atoms with Gasteiger partial charge in [0, 0.05) is 6.42 Å². The van der Waals surface area contributed by atoms with E-state index in [9.17, 15) is 4.79 Å². The first-order valence-electron chi connectivity index (χ1n) is 5.01. The third-order valence-electron chi connectivity index (χ3n) is 2.53. The molecule has 1 aliphatic rings. The van der Waals surface area contributed by atoms with Crippen molar-refractivity contribution >= 4 is 5.78 Å². The molecule has 1 nitrogen and oxygen atoms in total. The lowest BCUT2D eigenvalue weighted by Gasteiger charge is -2.08. The fourth-order valence-corrected chi connectivity index (χ4v) is 1.65. The standard InChI is InChI=1S/C11H18O/c1-10-8-6-4-2-3-5-7-9-11(10)12/h1-9H2. The van der Waals surface area contributed by atoms with Crippen LogP contribution in [-0.4, -0.2) is 5.78 Å². The van der Waals surface area contributed by atoms with Crippen LogP contribution in [0.25, 0.3) is 0 Å². The lowest BCUT2D eigenvalue weighted by atomic mass is 9.97. The SMILES string of the molecule is C=C1CCCCCCCCC1=O. The van der Waals surface area contributed by atoms with Gasteiger partial charge in [0.25, 0.3) is 0 Å². The lowest BCUT2D eigenvalue weighted by Crippen LogP contribution is -2.02. The zero-order valence-corrected chi connectivity index (χ0v) is 7.77. The Kier molecular flexibility index (Phi) is 4.06. The van der Waals surface area contributed by atoms with Crippen molar-refractivity contribution in [3.8, 4) is 0 Å². The average molecular weight is 166 g/mol. The Morgan fingerprint density at radius 3 is 2.00 bits per heavy atom. The number of hydrogen-bond acceptors (Lipinski definition) is 1. The lowest BCUT2D eigenvalue weighted by molar-refractivity contribution is -0.115. The minimum atomic E-state index is 0.303. The van der Waals surface area contributed by atoms with Crippen molar-refractivity contribution < 1.29 is 4.79 Å². The molecule has 0 aliphatic heterocycles. The molecule has 0 spiro atoms. The van der Waals surface area contributed by atoms with Gasteiger partial charge < -0.3 is 0 Å². The van der Waals surface area contributed by atoms with Crippen LogP contribution >= 0.6 is 0 Å². The second kappa shape index (κ2) is 5.13. The molecule has 68 valence electrons. The van der Waals surface area contributed by atoms with Crippen LogP contribution in [0.15, 0.2) is 12.2 Å². The van der Waals surface area contributed by atoms with Gasteiger partial charge in [-0.25, -0.2) is 0 Å². The van der Waals surface area contributed by atoms with Crippen molar-refractivity contribution in [2.75, 3.05) is 0 Å². The first-order chi connectivity index (χ1) is 5.80. The smallest absolute Gasteiger partial charge is 0.158 e. The molecule has 0 atom stereocenters. The van der Waals surface area contributed by atoms with E-state index < -0.39 is 0 Å². The summed E-state index contributed by atoms with van der Waals surface area (Å²) < 4.78 is 0. The number of carbonyl (C=O) groups excluding carboxylic acids is 1. The molecule has 0 N–H and O–H groups in total. The van der Waals surface area contributed by atoms with Crippen LogP contribution < -0.4 is 0 Å². The van der Waals surface area contributed by atoms with Crippen molar-refractivity contribution in [2.45, 2.75) is 51.4 Å². The molecule has 1 aliphatic carbocycles. The summed E-state index contributed by atoms with van der Waals surface area (Å²) in [4.78, 5) is 11.3. The molecule has 0 saturated heterocycles. The summed E-state index contributed by atoms with van der Waals surface area (Å²) in [7, 11) is 0. The Morgan fingerprint density at radius 2 is 1.33 bits per heavy atom. The Labute approximate surface area is 74.9 Å². The summed E-state index contributed by atoms with van der Waals surface area (Å²) in [5.41, 5.74) is 0.858. The monoisotopic (exact) mass is 166 g/mol. The Morgan fingerprint density at radius 1 is 0.833 bits per heavy atom. The maximum Gasteiger partial charge on any atom is 0.158 e. The van der Waals surface area contributed by atoms with Crippen molar-refractivity contribution in [3.63, 3.8) is 0 Å². The van der Waals surface area contributed by atoms with Crippen LogP contribution in [0.3, 0.4) is 0 Å². The number of ketones is 1. The maximum atomic E-state index is 11.3. The van der Waals surface area contributed by atoms with E-state index in [-0.39, 0.29) is 0 Å². The predicted molar refractivity (Wildman–Crippen MR) is 51.1 cm³/mol. The summed E-state index contributed by atoms with van der Waals surface area (Å²) in [5, 5.41) is 0. The number of hydrogen-bond donors (Lipinski definition) is 0. The third-order valence-corrected chi connectivity index (χ3v) is 2.53. The molecule has 0 aromatic heterocycles. The highest BCUT2D eigenvalue weighted by atomic mass is 16.1. The quantitative estimate of drug-likeness (QED) is 0.505. The molecule has 0 aromatic rings. The van der Waals surface area contributed by atoms with Crippen LogP contribution in [-0.2, 0) is 4.79 Å². The van der Waals surface area contributed by atoms with Gasteiger partial charge in [0.1, 0.15) is 0 Å². The van der Waals surface area contributed by atoms with Crippen LogP contribution in [0.5, 0.6) is 0 Å². The molecule has 1 saturated carbocycles. The topological polar surface area (TPSA) is 17.1 Å². The van der Waals surface area contributed by atoms with E-state index in [0.29, 0.717) is 5.78 Å². The fraction of sp³-hybridized carbons (Fsp3) is 0.727. The highest BCUT2D eigenvalue weighted by Crippen LogP contribution is 2.16. The van der Waals surface area contributed by atoms with E-state index in [1.807, 2.05) is 0 Å². The first kappa shape index (κ1) is 9.50. The fourth-order valence-electron chi connectivity index (χ4n) is 1.65. The van der Waals surface area contributed by atoms with Gasteiger partial charge in [-0.05, 0) is 24.8 Å². The molecular formula is C11H18O. The van der Waals surface area contributed by atoms with E-state index in [0.717, 1.165) is 31.3 Å². The molecule has 12 heavy (non-hydrogen) atoms. The molecule has 0 unspecified atom stereocenters. The van der Waals surface area contributed by atoms with Gasteiger partial charge in [0.15, 0.2) is 5.78 Å². The minimum absolute atomic E-state index is 0.303. The van der Waals surface area contributed by atoms with Crippen LogP contribution in [0.4, 0.5) is 0 Å². The van der Waals surface area contributed by atoms with Gasteiger partial charge in [-0.3, -0.25) is 4.79 Å².